The molecule has 0 bridgehead atoms. The van der Waals surface area contributed by atoms with Gasteiger partial charge in [-0.3, -0.25) is 14.0 Å². The molecule has 1 aliphatic rings. The number of nitrogens with one attached hydrogen (secondary N) is 1. The van der Waals surface area contributed by atoms with Gasteiger partial charge in [-0.05, 0) is 18.6 Å². The van der Waals surface area contributed by atoms with Crippen LogP contribution < -0.4 is 5.32 Å². The van der Waals surface area contributed by atoms with Crippen LogP contribution >= 0.6 is 0 Å². The van der Waals surface area contributed by atoms with E-state index in [2.05, 4.69) is 20.5 Å². The summed E-state index contributed by atoms with van der Waals surface area (Å²) in [4.78, 5) is 30.1. The van der Waals surface area contributed by atoms with Crippen molar-refractivity contribution in [2.75, 3.05) is 11.9 Å². The van der Waals surface area contributed by atoms with Crippen molar-refractivity contribution in [1.82, 2.24) is 29.0 Å². The largest absolute Gasteiger partial charge is 0.327 e. The fourth-order valence-corrected chi connectivity index (χ4v) is 3.00. The monoisotopic (exact) mass is 339 g/mol. The number of amides is 2. The number of hydrogen-bond acceptors (Lipinski definition) is 5. The van der Waals surface area contributed by atoms with Gasteiger partial charge in [-0.1, -0.05) is 6.07 Å². The molecule has 128 valence electrons. The van der Waals surface area contributed by atoms with E-state index < -0.39 is 0 Å². The third-order valence-corrected chi connectivity index (χ3v) is 4.20. The zero-order chi connectivity index (χ0) is 17.6. The molecule has 4 heterocycles. The normalized spacial score (nSPS) is 13.8. The molecule has 9 nitrogen and oxygen atoms in total. The number of hydrogen-bond donors (Lipinski definition) is 1. The molecular weight excluding hydrogens is 322 g/mol. The number of aryl methyl sites for hydroxylation is 1. The van der Waals surface area contributed by atoms with Crippen LogP contribution in [-0.4, -0.2) is 47.4 Å². The Labute approximate surface area is 143 Å². The quantitative estimate of drug-likeness (QED) is 0.746. The molecule has 0 spiro atoms. The Bertz CT molecular complexity index is 988. The van der Waals surface area contributed by atoms with E-state index in [4.69, 9.17) is 0 Å². The van der Waals surface area contributed by atoms with Crippen molar-refractivity contribution in [2.24, 2.45) is 0 Å². The average molecular weight is 339 g/mol. The fraction of sp³-hybridized carbons (Fsp3) is 0.312. The molecule has 0 aliphatic carbocycles. The van der Waals surface area contributed by atoms with Crippen LogP contribution in [0, 0.1) is 6.92 Å². The molecule has 0 saturated heterocycles. The molecule has 0 radical (unpaired) electrons. The van der Waals surface area contributed by atoms with E-state index in [9.17, 15) is 9.59 Å². The van der Waals surface area contributed by atoms with Crippen LogP contribution in [0.3, 0.4) is 0 Å². The molecule has 9 heteroatoms. The van der Waals surface area contributed by atoms with Gasteiger partial charge in [0.25, 0.3) is 5.91 Å². The number of carbonyl (C=O) groups is 2. The number of aromatic nitrogens is 5. The average Bonchev–Trinajstić information content (AvgIpc) is 3.17. The van der Waals surface area contributed by atoms with Gasteiger partial charge >= 0.3 is 0 Å². The Morgan fingerprint density at radius 3 is 2.84 bits per heavy atom. The van der Waals surface area contributed by atoms with E-state index in [1.807, 2.05) is 29.8 Å². The summed E-state index contributed by atoms with van der Waals surface area (Å²) in [6.45, 7) is 4.84. The Morgan fingerprint density at radius 1 is 1.20 bits per heavy atom. The number of fused-ring (bicyclic) bond motifs is 2. The summed E-state index contributed by atoms with van der Waals surface area (Å²) >= 11 is 0. The molecule has 0 unspecified atom stereocenters. The Morgan fingerprint density at radius 2 is 2.04 bits per heavy atom. The van der Waals surface area contributed by atoms with Gasteiger partial charge in [-0.2, -0.15) is 0 Å². The predicted octanol–water partition coefficient (Wildman–Crippen LogP) is 0.849. The maximum atomic E-state index is 12.9. The van der Waals surface area contributed by atoms with Gasteiger partial charge in [0.05, 0.1) is 12.7 Å². The second-order valence-electron chi connectivity index (χ2n) is 6.08. The van der Waals surface area contributed by atoms with Gasteiger partial charge in [-0.25, -0.2) is 4.98 Å². The molecule has 2 amide bonds. The van der Waals surface area contributed by atoms with Crippen LogP contribution in [0.1, 0.15) is 28.9 Å². The third-order valence-electron chi connectivity index (χ3n) is 4.20. The number of anilines is 1. The number of carbonyl (C=O) groups excluding carboxylic acids is 2. The summed E-state index contributed by atoms with van der Waals surface area (Å²) in [5.41, 5.74) is 1.66. The van der Waals surface area contributed by atoms with Crippen LogP contribution in [0.4, 0.5) is 5.82 Å². The number of imidazole rings is 1. The SMILES string of the molecule is CC(=O)Nc1cnc2n1CCN(C(=O)c1nnc3ccc(C)cn13)C2. The summed E-state index contributed by atoms with van der Waals surface area (Å²) in [7, 11) is 0. The van der Waals surface area contributed by atoms with E-state index >= 15 is 0 Å². The van der Waals surface area contributed by atoms with Crippen molar-refractivity contribution in [1.29, 1.82) is 0 Å². The molecule has 4 rings (SSSR count). The molecule has 3 aromatic heterocycles. The second-order valence-corrected chi connectivity index (χ2v) is 6.08. The second kappa shape index (κ2) is 5.69. The summed E-state index contributed by atoms with van der Waals surface area (Å²) in [6, 6.07) is 3.77. The standard InChI is InChI=1S/C16H17N7O2/c1-10-3-4-12-19-20-15(23(12)8-10)16(25)21-5-6-22-13(18-11(2)24)7-17-14(22)9-21/h3-4,7-8H,5-6,9H2,1-2H3,(H,18,24). The van der Waals surface area contributed by atoms with Crippen LogP contribution in [0.15, 0.2) is 24.5 Å². The highest BCUT2D eigenvalue weighted by molar-refractivity contribution is 5.91. The van der Waals surface area contributed by atoms with E-state index in [0.29, 0.717) is 36.9 Å². The van der Waals surface area contributed by atoms with Gasteiger partial charge in [0.2, 0.25) is 11.7 Å². The first-order valence-corrected chi connectivity index (χ1v) is 7.95. The van der Waals surface area contributed by atoms with Crippen LogP contribution in [0.5, 0.6) is 0 Å². The number of nitrogens with zero attached hydrogens (tertiary/aromatic N) is 6. The Balaban J connectivity index is 1.61. The van der Waals surface area contributed by atoms with Crippen molar-refractivity contribution >= 4 is 23.3 Å². The molecule has 25 heavy (non-hydrogen) atoms. The molecule has 0 saturated carbocycles. The molecule has 3 aromatic rings. The molecule has 1 N–H and O–H groups in total. The topological polar surface area (TPSA) is 97.4 Å². The molecule has 0 atom stereocenters. The van der Waals surface area contributed by atoms with Gasteiger partial charge in [0, 0.05) is 26.2 Å². The van der Waals surface area contributed by atoms with Gasteiger partial charge in [0.1, 0.15) is 11.6 Å². The van der Waals surface area contributed by atoms with Crippen molar-refractivity contribution in [3.05, 3.63) is 41.7 Å². The molecule has 1 aliphatic heterocycles. The molecule has 0 aromatic carbocycles. The van der Waals surface area contributed by atoms with Crippen LogP contribution in [-0.2, 0) is 17.9 Å². The predicted molar refractivity (Wildman–Crippen MR) is 89.0 cm³/mol. The van der Waals surface area contributed by atoms with E-state index in [1.54, 1.807) is 15.5 Å². The lowest BCUT2D eigenvalue weighted by Crippen LogP contribution is -2.39. The number of pyridine rings is 1. The number of rotatable bonds is 2. The van der Waals surface area contributed by atoms with Gasteiger partial charge in [0.15, 0.2) is 5.65 Å². The Kier molecular flexibility index (Phi) is 3.48. The minimum absolute atomic E-state index is 0.147. The minimum atomic E-state index is -0.187. The van der Waals surface area contributed by atoms with E-state index in [0.717, 1.165) is 11.4 Å². The summed E-state index contributed by atoms with van der Waals surface area (Å²) in [5.74, 6) is 1.34. The highest BCUT2D eigenvalue weighted by Gasteiger charge is 2.27. The highest BCUT2D eigenvalue weighted by atomic mass is 16.2. The first-order valence-electron chi connectivity index (χ1n) is 7.95. The van der Waals surface area contributed by atoms with Crippen molar-refractivity contribution in [2.45, 2.75) is 26.9 Å². The smallest absolute Gasteiger partial charge is 0.292 e. The van der Waals surface area contributed by atoms with E-state index in [-0.39, 0.29) is 11.8 Å². The summed E-state index contributed by atoms with van der Waals surface area (Å²) in [6.07, 6.45) is 3.46. The van der Waals surface area contributed by atoms with Crippen molar-refractivity contribution < 1.29 is 9.59 Å². The summed E-state index contributed by atoms with van der Waals surface area (Å²) < 4.78 is 3.62. The van der Waals surface area contributed by atoms with E-state index in [1.165, 1.54) is 6.92 Å². The molecular formula is C16H17N7O2. The van der Waals surface area contributed by atoms with Gasteiger partial charge in [-0.15, -0.1) is 10.2 Å². The van der Waals surface area contributed by atoms with Crippen molar-refractivity contribution in [3.8, 4) is 0 Å². The van der Waals surface area contributed by atoms with Crippen LogP contribution in [0.2, 0.25) is 0 Å². The lowest BCUT2D eigenvalue weighted by molar-refractivity contribution is -0.114. The third kappa shape index (κ3) is 2.63. The maximum absolute atomic E-state index is 12.9. The highest BCUT2D eigenvalue weighted by Crippen LogP contribution is 2.19. The van der Waals surface area contributed by atoms with Crippen LogP contribution in [0.25, 0.3) is 5.65 Å². The van der Waals surface area contributed by atoms with Gasteiger partial charge < -0.3 is 14.8 Å². The Hall–Kier alpha value is -3.23. The maximum Gasteiger partial charge on any atom is 0.292 e. The minimum Gasteiger partial charge on any atom is -0.327 e. The lowest BCUT2D eigenvalue weighted by Gasteiger charge is -2.27. The zero-order valence-electron chi connectivity index (χ0n) is 13.9. The lowest BCUT2D eigenvalue weighted by atomic mass is 10.3. The fourth-order valence-electron chi connectivity index (χ4n) is 3.00. The first-order chi connectivity index (χ1) is 12.0. The van der Waals surface area contributed by atoms with Crippen molar-refractivity contribution in [3.63, 3.8) is 0 Å². The molecule has 0 fully saturated rings. The summed E-state index contributed by atoms with van der Waals surface area (Å²) in [5, 5.41) is 10.9. The first kappa shape index (κ1) is 15.3. The zero-order valence-corrected chi connectivity index (χ0v) is 13.9.